The van der Waals surface area contributed by atoms with Crippen molar-refractivity contribution in [3.63, 3.8) is 0 Å². The van der Waals surface area contributed by atoms with Crippen LogP contribution in [0, 0.1) is 6.92 Å². The molecule has 0 spiro atoms. The first kappa shape index (κ1) is 11.8. The molecular weight excluding hydrogens is 222 g/mol. The fraction of sp³-hybridized carbons (Fsp3) is 0.375. The highest BCUT2D eigenvalue weighted by molar-refractivity contribution is 5.68. The lowest BCUT2D eigenvalue weighted by molar-refractivity contribution is 0.109. The van der Waals surface area contributed by atoms with Crippen LogP contribution in [0.2, 0.25) is 0 Å². The van der Waals surface area contributed by atoms with E-state index in [2.05, 4.69) is 28.6 Å². The molecule has 1 aromatic rings. The molecule has 0 fully saturated rings. The van der Waals surface area contributed by atoms with Crippen LogP contribution in [0.5, 0.6) is 11.6 Å². The quantitative estimate of drug-likeness (QED) is 0.702. The number of aromatic nitrogens is 1. The third-order valence-electron chi connectivity index (χ3n) is 1.48. The predicted molar refractivity (Wildman–Crippen MR) is 47.3 cm³/mol. The lowest BCUT2D eigenvalue weighted by atomic mass is 10.4. The van der Waals surface area contributed by atoms with E-state index in [0.29, 0.717) is 0 Å². The van der Waals surface area contributed by atoms with Gasteiger partial charge in [0, 0.05) is 6.92 Å². The van der Waals surface area contributed by atoms with Gasteiger partial charge in [0.25, 0.3) is 0 Å². The second-order valence-corrected chi connectivity index (χ2v) is 2.49. The second kappa shape index (κ2) is 5.01. The number of nitrogens with zero attached hydrogens (tertiary/aromatic N) is 1. The van der Waals surface area contributed by atoms with Gasteiger partial charge in [-0.1, -0.05) is 0 Å². The molecule has 0 saturated carbocycles. The highest BCUT2D eigenvalue weighted by atomic mass is 16.8. The Kier molecular flexibility index (Phi) is 3.70. The molecule has 16 heavy (non-hydrogen) atoms. The molecule has 0 aromatic carbocycles. The molecule has 0 aliphatic rings. The van der Waals surface area contributed by atoms with Crippen molar-refractivity contribution < 1.29 is 33.1 Å². The minimum Gasteiger partial charge on any atom is -0.437 e. The maximum absolute atomic E-state index is 10.9. The SMILES string of the molecule is COC(=O)Oc1noc(C)c1OC(=O)OC. The first-order valence-corrected chi connectivity index (χ1v) is 4.06. The van der Waals surface area contributed by atoms with E-state index in [9.17, 15) is 9.59 Å². The molecule has 0 unspecified atom stereocenters. The molecule has 0 N–H and O–H groups in total. The molecule has 8 nitrogen and oxygen atoms in total. The van der Waals surface area contributed by atoms with Gasteiger partial charge >= 0.3 is 18.2 Å². The van der Waals surface area contributed by atoms with E-state index in [0.717, 1.165) is 14.2 Å². The summed E-state index contributed by atoms with van der Waals surface area (Å²) in [6, 6.07) is 0. The van der Waals surface area contributed by atoms with Crippen molar-refractivity contribution in [2.75, 3.05) is 14.2 Å². The predicted octanol–water partition coefficient (Wildman–Crippen LogP) is 1.27. The summed E-state index contributed by atoms with van der Waals surface area (Å²) in [5.74, 6) is -0.295. The van der Waals surface area contributed by atoms with Gasteiger partial charge in [-0.05, 0) is 5.16 Å². The van der Waals surface area contributed by atoms with E-state index in [-0.39, 0.29) is 17.4 Å². The van der Waals surface area contributed by atoms with Crippen LogP contribution in [0.4, 0.5) is 9.59 Å². The van der Waals surface area contributed by atoms with Gasteiger partial charge in [-0.3, -0.25) is 0 Å². The average molecular weight is 231 g/mol. The highest BCUT2D eigenvalue weighted by Gasteiger charge is 2.22. The summed E-state index contributed by atoms with van der Waals surface area (Å²) in [4.78, 5) is 21.7. The summed E-state index contributed by atoms with van der Waals surface area (Å²) in [6.45, 7) is 1.47. The fourth-order valence-corrected chi connectivity index (χ4v) is 0.770. The molecule has 0 radical (unpaired) electrons. The van der Waals surface area contributed by atoms with Crippen LogP contribution < -0.4 is 9.47 Å². The Bertz CT molecular complexity index is 397. The third kappa shape index (κ3) is 2.62. The zero-order valence-electron chi connectivity index (χ0n) is 8.80. The van der Waals surface area contributed by atoms with E-state index in [4.69, 9.17) is 0 Å². The zero-order chi connectivity index (χ0) is 12.1. The number of rotatable bonds is 2. The van der Waals surface area contributed by atoms with E-state index >= 15 is 0 Å². The van der Waals surface area contributed by atoms with Crippen molar-refractivity contribution in [1.29, 1.82) is 0 Å². The standard InChI is InChI=1S/C8H9NO7/c1-4-5(14-7(10)12-2)6(9-16-4)15-8(11)13-3/h1-3H3. The smallest absolute Gasteiger partial charge is 0.437 e. The van der Waals surface area contributed by atoms with Gasteiger partial charge in [0.2, 0.25) is 5.75 Å². The van der Waals surface area contributed by atoms with Crippen LogP contribution in [0.15, 0.2) is 4.52 Å². The third-order valence-corrected chi connectivity index (χ3v) is 1.48. The van der Waals surface area contributed by atoms with Crippen molar-refractivity contribution in [1.82, 2.24) is 5.16 Å². The molecule has 0 amide bonds. The molecule has 0 atom stereocenters. The maximum Gasteiger partial charge on any atom is 0.515 e. The Hall–Kier alpha value is -2.25. The topological polar surface area (TPSA) is 97.1 Å². The Labute approximate surface area is 90.0 Å². The summed E-state index contributed by atoms with van der Waals surface area (Å²) in [7, 11) is 2.25. The fourth-order valence-electron chi connectivity index (χ4n) is 0.770. The molecule has 88 valence electrons. The normalized spacial score (nSPS) is 9.44. The van der Waals surface area contributed by atoms with Crippen LogP contribution >= 0.6 is 0 Å². The highest BCUT2D eigenvalue weighted by Crippen LogP contribution is 2.30. The number of hydrogen-bond donors (Lipinski definition) is 0. The zero-order valence-corrected chi connectivity index (χ0v) is 8.80. The van der Waals surface area contributed by atoms with E-state index in [1.165, 1.54) is 6.92 Å². The van der Waals surface area contributed by atoms with E-state index < -0.39 is 12.3 Å². The van der Waals surface area contributed by atoms with Gasteiger partial charge in [-0.2, -0.15) is 0 Å². The first-order valence-electron chi connectivity index (χ1n) is 4.06. The monoisotopic (exact) mass is 231 g/mol. The molecule has 0 bridgehead atoms. The largest absolute Gasteiger partial charge is 0.515 e. The molecule has 0 saturated heterocycles. The van der Waals surface area contributed by atoms with E-state index in [1.807, 2.05) is 0 Å². The number of ether oxygens (including phenoxy) is 4. The molecule has 8 heteroatoms. The van der Waals surface area contributed by atoms with Crippen LogP contribution in [0.25, 0.3) is 0 Å². The Morgan fingerprint density at radius 1 is 1.12 bits per heavy atom. The molecular formula is C8H9NO7. The lowest BCUT2D eigenvalue weighted by Gasteiger charge is -2.02. The van der Waals surface area contributed by atoms with Crippen LogP contribution in [0.1, 0.15) is 5.76 Å². The summed E-state index contributed by atoms with van der Waals surface area (Å²) in [5, 5.41) is 3.36. The molecule has 1 heterocycles. The lowest BCUT2D eigenvalue weighted by Crippen LogP contribution is -2.11. The second-order valence-electron chi connectivity index (χ2n) is 2.49. The molecule has 0 aliphatic carbocycles. The first-order chi connectivity index (χ1) is 7.58. The Morgan fingerprint density at radius 3 is 2.25 bits per heavy atom. The summed E-state index contributed by atoms with van der Waals surface area (Å²) < 4.78 is 22.4. The van der Waals surface area contributed by atoms with Gasteiger partial charge < -0.3 is 23.5 Å². The van der Waals surface area contributed by atoms with Gasteiger partial charge in [-0.15, -0.1) is 0 Å². The molecule has 0 aliphatic heterocycles. The summed E-state index contributed by atoms with van der Waals surface area (Å²) >= 11 is 0. The number of aryl methyl sites for hydroxylation is 1. The number of carbonyl (C=O) groups is 2. The van der Waals surface area contributed by atoms with Crippen molar-refractivity contribution in [2.45, 2.75) is 6.92 Å². The number of hydrogen-bond acceptors (Lipinski definition) is 8. The molecule has 1 rings (SSSR count). The number of carbonyl (C=O) groups excluding carboxylic acids is 2. The average Bonchev–Trinajstić information content (AvgIpc) is 2.61. The summed E-state index contributed by atoms with van der Waals surface area (Å²) in [5.41, 5.74) is 0. The maximum atomic E-state index is 10.9. The van der Waals surface area contributed by atoms with Gasteiger partial charge in [0.1, 0.15) is 0 Å². The van der Waals surface area contributed by atoms with Crippen LogP contribution in [0.3, 0.4) is 0 Å². The molecule has 1 aromatic heterocycles. The van der Waals surface area contributed by atoms with Crippen LogP contribution in [-0.4, -0.2) is 31.7 Å². The number of methoxy groups -OCH3 is 2. The van der Waals surface area contributed by atoms with Gasteiger partial charge in [-0.25, -0.2) is 9.59 Å². The minimum absolute atomic E-state index is 0.141. The van der Waals surface area contributed by atoms with Gasteiger partial charge in [0.05, 0.1) is 14.2 Å². The summed E-state index contributed by atoms with van der Waals surface area (Å²) in [6.07, 6.45) is -2.00. The Balaban J connectivity index is 2.85. The minimum atomic E-state index is -1.01. The van der Waals surface area contributed by atoms with E-state index in [1.54, 1.807) is 0 Å². The Morgan fingerprint density at radius 2 is 1.69 bits per heavy atom. The van der Waals surface area contributed by atoms with Crippen molar-refractivity contribution in [3.05, 3.63) is 5.76 Å². The van der Waals surface area contributed by atoms with Gasteiger partial charge in [0.15, 0.2) is 5.76 Å². The van der Waals surface area contributed by atoms with Crippen molar-refractivity contribution >= 4 is 12.3 Å². The van der Waals surface area contributed by atoms with Crippen molar-refractivity contribution in [3.8, 4) is 11.6 Å². The van der Waals surface area contributed by atoms with Crippen LogP contribution in [-0.2, 0) is 9.47 Å². The van der Waals surface area contributed by atoms with Crippen molar-refractivity contribution in [2.24, 2.45) is 0 Å².